The van der Waals surface area contributed by atoms with Crippen molar-refractivity contribution in [2.24, 2.45) is 0 Å². The van der Waals surface area contributed by atoms with E-state index in [1.807, 2.05) is 42.6 Å². The van der Waals surface area contributed by atoms with Crippen molar-refractivity contribution in [3.05, 3.63) is 54.4 Å². The lowest BCUT2D eigenvalue weighted by molar-refractivity contribution is 0.0931. The Balaban J connectivity index is 2.07. The number of carbonyl (C=O) groups is 1. The van der Waals surface area contributed by atoms with Crippen molar-refractivity contribution < 1.29 is 14.3 Å². The summed E-state index contributed by atoms with van der Waals surface area (Å²) in [6.07, 6.45) is 1.82. The Labute approximate surface area is 140 Å². The Morgan fingerprint density at radius 2 is 2.00 bits per heavy atom. The van der Waals surface area contributed by atoms with Gasteiger partial charge in [0.05, 0.1) is 19.2 Å². The monoisotopic (exact) mass is 325 g/mol. The number of benzene rings is 1. The molecule has 0 bridgehead atoms. The molecule has 3 aromatic rings. The van der Waals surface area contributed by atoms with Gasteiger partial charge in [0.1, 0.15) is 11.4 Å². The van der Waals surface area contributed by atoms with E-state index in [1.165, 1.54) is 0 Å². The number of amides is 1. The molecule has 3 rings (SSSR count). The molecule has 0 atom stereocenters. The van der Waals surface area contributed by atoms with Crippen molar-refractivity contribution in [2.75, 3.05) is 27.4 Å². The van der Waals surface area contributed by atoms with E-state index >= 15 is 0 Å². The van der Waals surface area contributed by atoms with Crippen LogP contribution in [0.2, 0.25) is 0 Å². The van der Waals surface area contributed by atoms with Gasteiger partial charge < -0.3 is 14.8 Å². The minimum Gasteiger partial charge on any atom is -0.496 e. The average Bonchev–Trinajstić information content (AvgIpc) is 3.09. The van der Waals surface area contributed by atoms with Crippen molar-refractivity contribution in [3.63, 3.8) is 0 Å². The van der Waals surface area contributed by atoms with E-state index < -0.39 is 0 Å². The maximum absolute atomic E-state index is 12.3. The molecule has 0 unspecified atom stereocenters. The summed E-state index contributed by atoms with van der Waals surface area (Å²) in [5, 5.41) is 7.17. The van der Waals surface area contributed by atoms with Crippen molar-refractivity contribution in [3.8, 4) is 16.9 Å². The van der Waals surface area contributed by atoms with Crippen LogP contribution in [0, 0.1) is 0 Å². The number of nitrogens with zero attached hydrogens (tertiary/aromatic N) is 2. The number of hydrogen-bond acceptors (Lipinski definition) is 4. The smallest absolute Gasteiger partial charge is 0.271 e. The van der Waals surface area contributed by atoms with Crippen LogP contribution in [0.15, 0.2) is 48.7 Å². The number of fused-ring (bicyclic) bond motifs is 1. The number of aromatic nitrogens is 2. The second kappa shape index (κ2) is 7.14. The molecule has 2 heterocycles. The predicted molar refractivity (Wildman–Crippen MR) is 91.4 cm³/mol. The quantitative estimate of drug-likeness (QED) is 0.707. The number of para-hydroxylation sites is 1. The topological polar surface area (TPSA) is 64.9 Å². The molecule has 1 amide bonds. The Bertz CT molecular complexity index is 858. The maximum atomic E-state index is 12.3. The second-order valence-corrected chi connectivity index (χ2v) is 5.23. The van der Waals surface area contributed by atoms with Gasteiger partial charge in [-0.3, -0.25) is 4.79 Å². The highest BCUT2D eigenvalue weighted by molar-refractivity contribution is 5.95. The lowest BCUT2D eigenvalue weighted by Gasteiger charge is -2.12. The standard InChI is InChI=1S/C18H19N3O3/c1-23-11-9-19-18(22)15-12-14(16-7-5-10-21(16)20-15)13-6-3-4-8-17(13)24-2/h3-8,10,12H,9,11H2,1-2H3,(H,19,22). The van der Waals surface area contributed by atoms with Gasteiger partial charge in [0.25, 0.3) is 5.91 Å². The number of carbonyl (C=O) groups excluding carboxylic acids is 1. The maximum Gasteiger partial charge on any atom is 0.271 e. The number of hydrogen-bond donors (Lipinski definition) is 1. The van der Waals surface area contributed by atoms with Crippen LogP contribution in [0.3, 0.4) is 0 Å². The Hall–Kier alpha value is -2.86. The summed E-state index contributed by atoms with van der Waals surface area (Å²) in [6, 6.07) is 13.4. The summed E-state index contributed by atoms with van der Waals surface area (Å²) < 4.78 is 12.1. The molecule has 1 aromatic carbocycles. The first-order valence-electron chi connectivity index (χ1n) is 7.63. The zero-order valence-electron chi connectivity index (χ0n) is 13.7. The van der Waals surface area contributed by atoms with Gasteiger partial charge in [-0.15, -0.1) is 0 Å². The summed E-state index contributed by atoms with van der Waals surface area (Å²) in [4.78, 5) is 12.3. The molecule has 0 saturated carbocycles. The summed E-state index contributed by atoms with van der Waals surface area (Å²) in [5.41, 5.74) is 3.06. The van der Waals surface area contributed by atoms with Gasteiger partial charge in [0, 0.05) is 31.0 Å². The Morgan fingerprint density at radius 1 is 1.17 bits per heavy atom. The van der Waals surface area contributed by atoms with Crippen molar-refractivity contribution in [1.29, 1.82) is 0 Å². The van der Waals surface area contributed by atoms with Gasteiger partial charge in [0.2, 0.25) is 0 Å². The third kappa shape index (κ3) is 3.09. The average molecular weight is 325 g/mol. The molecule has 1 N–H and O–H groups in total. The largest absolute Gasteiger partial charge is 0.496 e. The summed E-state index contributed by atoms with van der Waals surface area (Å²) in [5.74, 6) is 0.510. The number of ether oxygens (including phenoxy) is 2. The van der Waals surface area contributed by atoms with Crippen molar-refractivity contribution in [1.82, 2.24) is 14.9 Å². The molecular formula is C18H19N3O3. The highest BCUT2D eigenvalue weighted by Gasteiger charge is 2.15. The Kier molecular flexibility index (Phi) is 4.77. The van der Waals surface area contributed by atoms with E-state index in [-0.39, 0.29) is 5.91 Å². The zero-order valence-corrected chi connectivity index (χ0v) is 13.7. The number of nitrogens with one attached hydrogen (secondary N) is 1. The van der Waals surface area contributed by atoms with E-state index in [9.17, 15) is 4.79 Å². The van der Waals surface area contributed by atoms with Crippen LogP contribution in [0.25, 0.3) is 16.6 Å². The van der Waals surface area contributed by atoms with Crippen LogP contribution in [-0.2, 0) is 4.74 Å². The van der Waals surface area contributed by atoms with Crippen LogP contribution in [-0.4, -0.2) is 42.9 Å². The van der Waals surface area contributed by atoms with E-state index in [0.717, 1.165) is 22.4 Å². The first-order chi connectivity index (χ1) is 11.7. The summed E-state index contributed by atoms with van der Waals surface area (Å²) in [6.45, 7) is 0.890. The van der Waals surface area contributed by atoms with Crippen LogP contribution < -0.4 is 10.1 Å². The molecule has 6 heteroatoms. The van der Waals surface area contributed by atoms with E-state index in [0.29, 0.717) is 18.8 Å². The van der Waals surface area contributed by atoms with Crippen molar-refractivity contribution >= 4 is 11.4 Å². The van der Waals surface area contributed by atoms with Crippen LogP contribution >= 0.6 is 0 Å². The van der Waals surface area contributed by atoms with Crippen LogP contribution in [0.5, 0.6) is 5.75 Å². The third-order valence-electron chi connectivity index (χ3n) is 3.72. The fourth-order valence-electron chi connectivity index (χ4n) is 2.58. The molecule has 0 spiro atoms. The summed E-state index contributed by atoms with van der Waals surface area (Å²) >= 11 is 0. The van der Waals surface area contributed by atoms with Gasteiger partial charge in [-0.05, 0) is 24.3 Å². The van der Waals surface area contributed by atoms with Gasteiger partial charge in [0.15, 0.2) is 0 Å². The molecule has 0 aliphatic carbocycles. The fourth-order valence-corrected chi connectivity index (χ4v) is 2.58. The molecular weight excluding hydrogens is 306 g/mol. The SMILES string of the molecule is COCCNC(=O)c1cc(-c2ccccc2OC)c2cccn2n1. The lowest BCUT2D eigenvalue weighted by atomic mass is 10.0. The van der Waals surface area contributed by atoms with Crippen LogP contribution in [0.1, 0.15) is 10.5 Å². The van der Waals surface area contributed by atoms with Crippen LogP contribution in [0.4, 0.5) is 0 Å². The minimum atomic E-state index is -0.237. The molecule has 0 fully saturated rings. The zero-order chi connectivity index (χ0) is 16.9. The fraction of sp³-hybridized carbons (Fsp3) is 0.222. The second-order valence-electron chi connectivity index (χ2n) is 5.23. The third-order valence-corrected chi connectivity index (χ3v) is 3.72. The van der Waals surface area contributed by atoms with E-state index in [2.05, 4.69) is 10.4 Å². The molecule has 2 aromatic heterocycles. The van der Waals surface area contributed by atoms with Gasteiger partial charge in [-0.1, -0.05) is 18.2 Å². The first kappa shape index (κ1) is 16.0. The van der Waals surface area contributed by atoms with Crippen molar-refractivity contribution in [2.45, 2.75) is 0 Å². The minimum absolute atomic E-state index is 0.237. The normalized spacial score (nSPS) is 10.8. The van der Waals surface area contributed by atoms with E-state index in [4.69, 9.17) is 9.47 Å². The lowest BCUT2D eigenvalue weighted by Crippen LogP contribution is -2.28. The molecule has 24 heavy (non-hydrogen) atoms. The molecule has 0 aliphatic heterocycles. The Morgan fingerprint density at radius 3 is 2.79 bits per heavy atom. The predicted octanol–water partition coefficient (Wildman–Crippen LogP) is 2.39. The molecule has 0 aliphatic rings. The molecule has 0 saturated heterocycles. The van der Waals surface area contributed by atoms with Gasteiger partial charge in [-0.2, -0.15) is 5.10 Å². The summed E-state index contributed by atoms with van der Waals surface area (Å²) in [7, 11) is 3.23. The molecule has 124 valence electrons. The van der Waals surface area contributed by atoms with Gasteiger partial charge in [-0.25, -0.2) is 4.52 Å². The number of rotatable bonds is 6. The first-order valence-corrected chi connectivity index (χ1v) is 7.63. The van der Waals surface area contributed by atoms with Gasteiger partial charge >= 0.3 is 0 Å². The highest BCUT2D eigenvalue weighted by atomic mass is 16.5. The van der Waals surface area contributed by atoms with E-state index in [1.54, 1.807) is 24.8 Å². The molecule has 0 radical (unpaired) electrons. The molecule has 6 nitrogen and oxygen atoms in total. The number of methoxy groups -OCH3 is 2. The highest BCUT2D eigenvalue weighted by Crippen LogP contribution is 2.32.